The molecule has 1 heterocycles. The van der Waals surface area contributed by atoms with E-state index < -0.39 is 10.0 Å². The van der Waals surface area contributed by atoms with Gasteiger partial charge in [0.25, 0.3) is 10.0 Å². The first-order valence-corrected chi connectivity index (χ1v) is 11.2. The number of benzene rings is 2. The van der Waals surface area contributed by atoms with E-state index in [1.165, 1.54) is 0 Å². The van der Waals surface area contributed by atoms with E-state index in [1.807, 2.05) is 44.7 Å². The minimum atomic E-state index is -3.71. The normalized spacial score (nSPS) is 18.9. The van der Waals surface area contributed by atoms with Gasteiger partial charge < -0.3 is 4.90 Å². The summed E-state index contributed by atoms with van der Waals surface area (Å²) < 4.78 is 28.8. The maximum Gasteiger partial charge on any atom is 0.261 e. The van der Waals surface area contributed by atoms with Crippen LogP contribution in [-0.4, -0.2) is 20.4 Å². The second-order valence-electron chi connectivity index (χ2n) is 8.21. The summed E-state index contributed by atoms with van der Waals surface area (Å²) in [6.45, 7) is 7.83. The number of carbonyl (C=O) groups is 1. The molecule has 1 amide bonds. The van der Waals surface area contributed by atoms with Gasteiger partial charge in [0.1, 0.15) is 0 Å². The molecule has 5 nitrogen and oxygen atoms in total. The Morgan fingerprint density at radius 1 is 1.07 bits per heavy atom. The Morgan fingerprint density at radius 2 is 1.71 bits per heavy atom. The van der Waals surface area contributed by atoms with Crippen LogP contribution in [-0.2, 0) is 21.2 Å². The summed E-state index contributed by atoms with van der Waals surface area (Å²) in [6, 6.07) is 9.10. The molecule has 4 rings (SSSR count). The highest BCUT2D eigenvalue weighted by atomic mass is 32.2. The van der Waals surface area contributed by atoms with Crippen LogP contribution in [0, 0.1) is 26.7 Å². The van der Waals surface area contributed by atoms with Gasteiger partial charge in [0, 0.05) is 17.6 Å². The van der Waals surface area contributed by atoms with Crippen molar-refractivity contribution in [3.05, 3.63) is 52.6 Å². The van der Waals surface area contributed by atoms with Crippen molar-refractivity contribution < 1.29 is 13.2 Å². The van der Waals surface area contributed by atoms with E-state index in [1.54, 1.807) is 18.2 Å². The highest BCUT2D eigenvalue weighted by Crippen LogP contribution is 2.39. The van der Waals surface area contributed by atoms with Crippen molar-refractivity contribution in [3.8, 4) is 0 Å². The van der Waals surface area contributed by atoms with E-state index in [2.05, 4.69) is 4.72 Å². The van der Waals surface area contributed by atoms with Crippen molar-refractivity contribution in [2.24, 2.45) is 5.92 Å². The van der Waals surface area contributed by atoms with E-state index >= 15 is 0 Å². The van der Waals surface area contributed by atoms with Crippen LogP contribution in [0.5, 0.6) is 0 Å². The molecule has 1 atom stereocenters. The first-order valence-electron chi connectivity index (χ1n) is 9.74. The van der Waals surface area contributed by atoms with Crippen LogP contribution >= 0.6 is 0 Å². The monoisotopic (exact) mass is 398 g/mol. The van der Waals surface area contributed by atoms with Crippen molar-refractivity contribution in [3.63, 3.8) is 0 Å². The van der Waals surface area contributed by atoms with Crippen LogP contribution < -0.4 is 9.62 Å². The molecular weight excluding hydrogens is 372 g/mol. The van der Waals surface area contributed by atoms with Gasteiger partial charge in [0.15, 0.2) is 0 Å². The van der Waals surface area contributed by atoms with Crippen molar-refractivity contribution in [1.82, 2.24) is 0 Å². The summed E-state index contributed by atoms with van der Waals surface area (Å²) >= 11 is 0. The first-order chi connectivity index (χ1) is 13.2. The van der Waals surface area contributed by atoms with E-state index in [9.17, 15) is 13.2 Å². The van der Waals surface area contributed by atoms with Gasteiger partial charge in [-0.2, -0.15) is 0 Å². The third-order valence-corrected chi connectivity index (χ3v) is 7.00. The number of nitrogens with one attached hydrogen (secondary N) is 1. The highest BCUT2D eigenvalue weighted by Gasteiger charge is 2.39. The second-order valence-corrected chi connectivity index (χ2v) is 9.89. The number of amides is 1. The number of anilines is 2. The zero-order valence-electron chi connectivity index (χ0n) is 16.7. The van der Waals surface area contributed by atoms with Gasteiger partial charge in [-0.1, -0.05) is 17.7 Å². The molecule has 1 unspecified atom stereocenters. The molecule has 0 saturated heterocycles. The molecule has 6 heteroatoms. The molecule has 1 aliphatic carbocycles. The molecular formula is C22H26N2O3S. The first kappa shape index (κ1) is 19.0. The molecule has 0 aromatic heterocycles. The molecule has 1 aliphatic heterocycles. The molecule has 1 saturated carbocycles. The number of rotatable bonds is 4. The lowest BCUT2D eigenvalue weighted by atomic mass is 10.1. The van der Waals surface area contributed by atoms with Gasteiger partial charge in [-0.3, -0.25) is 9.52 Å². The van der Waals surface area contributed by atoms with Gasteiger partial charge in [-0.25, -0.2) is 8.42 Å². The number of nitrogens with zero attached hydrogens (tertiary/aromatic N) is 1. The largest absolute Gasteiger partial charge is 0.309 e. The predicted molar refractivity (Wildman–Crippen MR) is 111 cm³/mol. The van der Waals surface area contributed by atoms with E-state index in [-0.39, 0.29) is 22.8 Å². The Morgan fingerprint density at radius 3 is 2.32 bits per heavy atom. The molecule has 0 bridgehead atoms. The Hall–Kier alpha value is -2.34. The van der Waals surface area contributed by atoms with Crippen molar-refractivity contribution in [2.75, 3.05) is 9.62 Å². The smallest absolute Gasteiger partial charge is 0.261 e. The molecule has 1 fully saturated rings. The summed E-state index contributed by atoms with van der Waals surface area (Å²) in [7, 11) is -3.71. The number of aryl methyl sites for hydroxylation is 3. The summed E-state index contributed by atoms with van der Waals surface area (Å²) in [6.07, 6.45) is 2.60. The van der Waals surface area contributed by atoms with Crippen molar-refractivity contribution in [1.29, 1.82) is 0 Å². The fraction of sp³-hybridized carbons (Fsp3) is 0.409. The van der Waals surface area contributed by atoms with Crippen LogP contribution in [0.1, 0.15) is 42.0 Å². The average molecular weight is 399 g/mol. The Bertz CT molecular complexity index is 1050. The number of sulfonamides is 1. The zero-order chi connectivity index (χ0) is 20.2. The molecule has 148 valence electrons. The van der Waals surface area contributed by atoms with Crippen molar-refractivity contribution >= 4 is 27.3 Å². The molecule has 0 radical (unpaired) electrons. The van der Waals surface area contributed by atoms with E-state index in [0.29, 0.717) is 12.1 Å². The molecule has 2 aliphatic rings. The van der Waals surface area contributed by atoms with E-state index in [4.69, 9.17) is 0 Å². The number of hydrogen-bond acceptors (Lipinski definition) is 3. The van der Waals surface area contributed by atoms with Crippen LogP contribution in [0.2, 0.25) is 0 Å². The highest BCUT2D eigenvalue weighted by molar-refractivity contribution is 7.92. The summed E-state index contributed by atoms with van der Waals surface area (Å²) in [5.41, 5.74) is 5.30. The zero-order valence-corrected chi connectivity index (χ0v) is 17.6. The summed E-state index contributed by atoms with van der Waals surface area (Å²) in [5.74, 6) is 0.317. The number of hydrogen-bond donors (Lipinski definition) is 1. The van der Waals surface area contributed by atoms with Crippen molar-refractivity contribution in [2.45, 2.75) is 57.9 Å². The standard InChI is InChI=1S/C22H26N2O3S/c1-13-9-14(2)21(15(3)10-13)23-28(26,27)19-7-8-20-18(12-19)11-16(4)24(20)22(25)17-5-6-17/h7-10,12,16-17,23H,5-6,11H2,1-4H3. The third-order valence-electron chi connectivity index (χ3n) is 5.65. The fourth-order valence-electron chi connectivity index (χ4n) is 4.17. The molecule has 2 aromatic carbocycles. The molecule has 28 heavy (non-hydrogen) atoms. The van der Waals surface area contributed by atoms with Crippen LogP contribution in [0.4, 0.5) is 11.4 Å². The minimum absolute atomic E-state index is 0.0654. The second kappa shape index (κ2) is 6.62. The van der Waals surface area contributed by atoms with Crippen LogP contribution in [0.15, 0.2) is 35.2 Å². The SMILES string of the molecule is Cc1cc(C)c(NS(=O)(=O)c2ccc3c(c2)CC(C)N3C(=O)C2CC2)c(C)c1. The topological polar surface area (TPSA) is 66.5 Å². The third kappa shape index (κ3) is 3.30. The quantitative estimate of drug-likeness (QED) is 0.843. The van der Waals surface area contributed by atoms with Gasteiger partial charge in [-0.15, -0.1) is 0 Å². The predicted octanol–water partition coefficient (Wildman–Crippen LogP) is 4.10. The maximum atomic E-state index is 13.0. The van der Waals surface area contributed by atoms with Gasteiger partial charge in [-0.05, 0) is 81.8 Å². The molecule has 0 spiro atoms. The molecule has 1 N–H and O–H groups in total. The maximum absolute atomic E-state index is 13.0. The lowest BCUT2D eigenvalue weighted by Gasteiger charge is -2.22. The van der Waals surface area contributed by atoms with Gasteiger partial charge in [0.05, 0.1) is 10.6 Å². The lowest BCUT2D eigenvalue weighted by molar-refractivity contribution is -0.120. The number of fused-ring (bicyclic) bond motifs is 1. The Balaban J connectivity index is 1.65. The Labute approximate surface area is 166 Å². The van der Waals surface area contributed by atoms with E-state index in [0.717, 1.165) is 40.8 Å². The summed E-state index contributed by atoms with van der Waals surface area (Å²) in [4.78, 5) is 14.7. The Kier molecular flexibility index (Phi) is 4.49. The van der Waals surface area contributed by atoms with Crippen LogP contribution in [0.25, 0.3) is 0 Å². The lowest BCUT2D eigenvalue weighted by Crippen LogP contribution is -2.36. The minimum Gasteiger partial charge on any atom is -0.309 e. The van der Waals surface area contributed by atoms with Crippen LogP contribution in [0.3, 0.4) is 0 Å². The van der Waals surface area contributed by atoms with Gasteiger partial charge >= 0.3 is 0 Å². The average Bonchev–Trinajstić information content (AvgIpc) is 3.39. The summed E-state index contributed by atoms with van der Waals surface area (Å²) in [5, 5.41) is 0. The molecule has 2 aromatic rings. The van der Waals surface area contributed by atoms with Gasteiger partial charge in [0.2, 0.25) is 5.91 Å². The number of carbonyl (C=O) groups excluding carboxylic acids is 1. The fourth-order valence-corrected chi connectivity index (χ4v) is 5.42.